The number of aromatic nitrogens is 1. The Balaban J connectivity index is 2.35. The highest BCUT2D eigenvalue weighted by atomic mass is 35.5. The first kappa shape index (κ1) is 15.1. The molecule has 0 aliphatic carbocycles. The van der Waals surface area contributed by atoms with Crippen LogP contribution in [0.4, 0.5) is 19.0 Å². The van der Waals surface area contributed by atoms with Gasteiger partial charge in [0.2, 0.25) is 0 Å². The lowest BCUT2D eigenvalue weighted by Crippen LogP contribution is -2.22. The quantitative estimate of drug-likeness (QED) is 0.739. The van der Waals surface area contributed by atoms with Crippen molar-refractivity contribution >= 4 is 28.8 Å². The summed E-state index contributed by atoms with van der Waals surface area (Å²) in [4.78, 5) is 6.69. The van der Waals surface area contributed by atoms with Crippen LogP contribution in [0.1, 0.15) is 23.4 Å². The Labute approximate surface area is 123 Å². The Morgan fingerprint density at radius 3 is 2.60 bits per heavy atom. The fourth-order valence-electron chi connectivity index (χ4n) is 1.75. The molecule has 0 bridgehead atoms. The number of pyridine rings is 1. The maximum atomic E-state index is 12.8. The Bertz CT molecular complexity index is 584. The largest absolute Gasteiger partial charge is 0.416 e. The Hall–Kier alpha value is -1.27. The van der Waals surface area contributed by atoms with E-state index in [0.29, 0.717) is 0 Å². The van der Waals surface area contributed by atoms with Crippen LogP contribution in [0.15, 0.2) is 29.6 Å². The maximum Gasteiger partial charge on any atom is 0.416 e. The highest BCUT2D eigenvalue weighted by molar-refractivity contribution is 7.10. The summed E-state index contributed by atoms with van der Waals surface area (Å²) in [7, 11) is 1.70. The van der Waals surface area contributed by atoms with Gasteiger partial charge in [0.15, 0.2) is 0 Å². The van der Waals surface area contributed by atoms with Gasteiger partial charge in [-0.15, -0.1) is 11.3 Å². The van der Waals surface area contributed by atoms with Crippen LogP contribution in [0.2, 0.25) is 5.15 Å². The van der Waals surface area contributed by atoms with Crippen LogP contribution >= 0.6 is 22.9 Å². The van der Waals surface area contributed by atoms with E-state index >= 15 is 0 Å². The molecule has 7 heteroatoms. The minimum Gasteiger partial charge on any atom is -0.352 e. The van der Waals surface area contributed by atoms with E-state index in [-0.39, 0.29) is 17.0 Å². The molecule has 0 aliphatic heterocycles. The Morgan fingerprint density at radius 2 is 2.05 bits per heavy atom. The molecule has 2 rings (SSSR count). The van der Waals surface area contributed by atoms with Crippen LogP contribution in [-0.4, -0.2) is 12.0 Å². The van der Waals surface area contributed by atoms with E-state index in [1.54, 1.807) is 23.3 Å². The van der Waals surface area contributed by atoms with Gasteiger partial charge in [0, 0.05) is 11.9 Å². The highest BCUT2D eigenvalue weighted by Gasteiger charge is 2.32. The van der Waals surface area contributed by atoms with Crippen molar-refractivity contribution in [3.05, 3.63) is 45.2 Å². The summed E-state index contributed by atoms with van der Waals surface area (Å²) < 4.78 is 38.3. The van der Waals surface area contributed by atoms with Gasteiger partial charge in [0.25, 0.3) is 0 Å². The molecule has 108 valence electrons. The van der Waals surface area contributed by atoms with Gasteiger partial charge in [-0.25, -0.2) is 4.98 Å². The second-order valence-corrected chi connectivity index (χ2v) is 5.70. The van der Waals surface area contributed by atoms with E-state index in [1.165, 1.54) is 0 Å². The number of hydrogen-bond donors (Lipinski definition) is 0. The van der Waals surface area contributed by atoms with E-state index in [1.807, 2.05) is 24.4 Å². The number of hydrogen-bond acceptors (Lipinski definition) is 3. The Kier molecular flexibility index (Phi) is 4.25. The average Bonchev–Trinajstić information content (AvgIpc) is 2.89. The summed E-state index contributed by atoms with van der Waals surface area (Å²) in [5.41, 5.74) is -0.794. The molecule has 0 aromatic carbocycles. The van der Waals surface area contributed by atoms with Crippen molar-refractivity contribution in [3.8, 4) is 0 Å². The second-order valence-electron chi connectivity index (χ2n) is 4.34. The van der Waals surface area contributed by atoms with Gasteiger partial charge in [0.05, 0.1) is 11.6 Å². The minimum absolute atomic E-state index is 0.0814. The normalized spacial score (nSPS) is 13.3. The van der Waals surface area contributed by atoms with Crippen molar-refractivity contribution in [2.75, 3.05) is 11.9 Å². The van der Waals surface area contributed by atoms with E-state index in [2.05, 4.69) is 4.98 Å². The smallest absolute Gasteiger partial charge is 0.352 e. The van der Waals surface area contributed by atoms with Crippen molar-refractivity contribution in [2.45, 2.75) is 19.1 Å². The SMILES string of the molecule is CC(c1cccs1)N(C)c1cc(C(F)(F)F)cc(Cl)n1. The zero-order valence-electron chi connectivity index (χ0n) is 10.8. The highest BCUT2D eigenvalue weighted by Crippen LogP contribution is 2.34. The van der Waals surface area contributed by atoms with Crippen LogP contribution in [0.25, 0.3) is 0 Å². The van der Waals surface area contributed by atoms with E-state index in [9.17, 15) is 13.2 Å². The molecule has 0 spiro atoms. The number of anilines is 1. The third kappa shape index (κ3) is 3.24. The summed E-state index contributed by atoms with van der Waals surface area (Å²) in [5, 5.41) is 1.76. The van der Waals surface area contributed by atoms with Crippen LogP contribution in [0.3, 0.4) is 0 Å². The van der Waals surface area contributed by atoms with Crippen LogP contribution < -0.4 is 4.90 Å². The third-order valence-corrected chi connectivity index (χ3v) is 4.24. The molecule has 2 aromatic rings. The lowest BCUT2D eigenvalue weighted by atomic mass is 10.2. The Morgan fingerprint density at radius 1 is 1.35 bits per heavy atom. The summed E-state index contributed by atoms with van der Waals surface area (Å²) in [5.74, 6) is 0.200. The molecule has 0 amide bonds. The lowest BCUT2D eigenvalue weighted by molar-refractivity contribution is -0.137. The first-order valence-corrected chi connectivity index (χ1v) is 7.06. The number of rotatable bonds is 3. The van der Waals surface area contributed by atoms with Crippen molar-refractivity contribution in [3.63, 3.8) is 0 Å². The summed E-state index contributed by atoms with van der Waals surface area (Å²) in [6.07, 6.45) is -4.44. The van der Waals surface area contributed by atoms with Gasteiger partial charge >= 0.3 is 6.18 Å². The molecule has 0 N–H and O–H groups in total. The van der Waals surface area contributed by atoms with Gasteiger partial charge in [-0.1, -0.05) is 17.7 Å². The monoisotopic (exact) mass is 320 g/mol. The standard InChI is InChI=1S/C13H12ClF3N2S/c1-8(10-4-3-5-20-10)19(2)12-7-9(13(15,16)17)6-11(14)18-12/h3-8H,1-2H3. The fourth-order valence-corrected chi connectivity index (χ4v) is 2.78. The molecule has 0 saturated heterocycles. The molecule has 1 atom stereocenters. The van der Waals surface area contributed by atoms with E-state index in [0.717, 1.165) is 17.0 Å². The topological polar surface area (TPSA) is 16.1 Å². The van der Waals surface area contributed by atoms with Gasteiger partial charge in [-0.2, -0.15) is 13.2 Å². The van der Waals surface area contributed by atoms with Crippen LogP contribution in [-0.2, 0) is 6.18 Å². The van der Waals surface area contributed by atoms with Crippen molar-refractivity contribution in [1.82, 2.24) is 4.98 Å². The molecule has 0 radical (unpaired) electrons. The predicted octanol–water partition coefficient (Wildman–Crippen LogP) is 5.01. The fraction of sp³-hybridized carbons (Fsp3) is 0.308. The molecule has 0 aliphatic rings. The zero-order chi connectivity index (χ0) is 14.9. The molecule has 2 heterocycles. The maximum absolute atomic E-state index is 12.8. The predicted molar refractivity (Wildman–Crippen MR) is 75.4 cm³/mol. The van der Waals surface area contributed by atoms with Crippen molar-refractivity contribution in [1.29, 1.82) is 0 Å². The molecule has 2 aromatic heterocycles. The lowest BCUT2D eigenvalue weighted by Gasteiger charge is -2.26. The number of halogens is 4. The molecule has 2 nitrogen and oxygen atoms in total. The van der Waals surface area contributed by atoms with Crippen molar-refractivity contribution < 1.29 is 13.2 Å². The molecular formula is C13H12ClF3N2S. The van der Waals surface area contributed by atoms with Crippen LogP contribution in [0, 0.1) is 0 Å². The molecular weight excluding hydrogens is 309 g/mol. The molecule has 20 heavy (non-hydrogen) atoms. The summed E-state index contributed by atoms with van der Waals surface area (Å²) in [6.45, 7) is 1.90. The molecule has 0 saturated carbocycles. The summed E-state index contributed by atoms with van der Waals surface area (Å²) >= 11 is 7.24. The minimum atomic E-state index is -4.44. The third-order valence-electron chi connectivity index (χ3n) is 3.01. The van der Waals surface area contributed by atoms with Gasteiger partial charge in [-0.05, 0) is 30.5 Å². The van der Waals surface area contributed by atoms with E-state index in [4.69, 9.17) is 11.6 Å². The van der Waals surface area contributed by atoms with Crippen molar-refractivity contribution in [2.24, 2.45) is 0 Å². The molecule has 0 fully saturated rings. The number of alkyl halides is 3. The van der Waals surface area contributed by atoms with E-state index < -0.39 is 11.7 Å². The zero-order valence-corrected chi connectivity index (χ0v) is 12.4. The average molecular weight is 321 g/mol. The van der Waals surface area contributed by atoms with Gasteiger partial charge < -0.3 is 4.90 Å². The summed E-state index contributed by atoms with van der Waals surface area (Å²) in [6, 6.07) is 5.59. The first-order valence-electron chi connectivity index (χ1n) is 5.80. The van der Waals surface area contributed by atoms with Crippen LogP contribution in [0.5, 0.6) is 0 Å². The second kappa shape index (κ2) is 5.61. The first-order chi connectivity index (χ1) is 9.29. The number of nitrogens with zero attached hydrogens (tertiary/aromatic N) is 2. The van der Waals surface area contributed by atoms with Gasteiger partial charge in [-0.3, -0.25) is 0 Å². The number of thiophene rings is 1. The molecule has 1 unspecified atom stereocenters. The van der Waals surface area contributed by atoms with Gasteiger partial charge in [0.1, 0.15) is 11.0 Å².